The summed E-state index contributed by atoms with van der Waals surface area (Å²) in [5, 5.41) is 15.2. The van der Waals surface area contributed by atoms with Crippen molar-refractivity contribution >= 4 is 98.8 Å². The molecule has 0 aliphatic heterocycles. The van der Waals surface area contributed by atoms with Crippen LogP contribution >= 0.6 is 0 Å². The Kier molecular flexibility index (Phi) is 14.9. The Morgan fingerprint density at radius 3 is 0.963 bits per heavy atom. The lowest BCUT2D eigenvalue weighted by molar-refractivity contribution is 0.309. The number of nitrogens with zero attached hydrogens (tertiary/aromatic N) is 2. The third-order valence-corrected chi connectivity index (χ3v) is 17.0. The number of unbranched alkanes of at least 4 members (excludes halogenated alkanes) is 4. The van der Waals surface area contributed by atoms with Crippen molar-refractivity contribution in [3.8, 4) is 33.8 Å². The van der Waals surface area contributed by atoms with Gasteiger partial charge in [0.25, 0.3) is 0 Å². The van der Waals surface area contributed by atoms with Gasteiger partial charge in [0.15, 0.2) is 0 Å². The zero-order valence-electron chi connectivity index (χ0n) is 48.0. The fourth-order valence-electron chi connectivity index (χ4n) is 12.9. The Bertz CT molecular complexity index is 3950. The second-order valence-corrected chi connectivity index (χ2v) is 22.3. The molecule has 0 aromatic heterocycles. The minimum Gasteiger partial charge on any atom is -0.494 e. The van der Waals surface area contributed by atoms with Crippen LogP contribution in [0.15, 0.2) is 218 Å². The number of rotatable bonds is 22. The van der Waals surface area contributed by atoms with Crippen LogP contribution in [0.3, 0.4) is 0 Å². The minimum absolute atomic E-state index is 0.715. The van der Waals surface area contributed by atoms with E-state index in [1.165, 1.54) is 124 Å². The van der Waals surface area contributed by atoms with Gasteiger partial charge in [0.05, 0.1) is 24.6 Å². The lowest BCUT2D eigenvalue weighted by Gasteiger charge is -2.27. The van der Waals surface area contributed by atoms with Gasteiger partial charge >= 0.3 is 0 Å². The number of fused-ring (bicyclic) bond motifs is 6. The van der Waals surface area contributed by atoms with E-state index < -0.39 is 0 Å². The number of anilines is 6. The molecule has 13 rings (SSSR count). The first-order chi connectivity index (χ1) is 40.6. The highest BCUT2D eigenvalue weighted by molar-refractivity contribution is 6.47. The quantitative estimate of drug-likeness (QED) is 0.0632. The molecule has 0 atom stereocenters. The average molecular weight is 1070 g/mol. The Hall–Kier alpha value is -8.86. The maximum absolute atomic E-state index is 6.22. The zero-order chi connectivity index (χ0) is 55.5. The summed E-state index contributed by atoms with van der Waals surface area (Å²) in [5.74, 6) is 1.80. The van der Waals surface area contributed by atoms with Crippen molar-refractivity contribution in [1.82, 2.24) is 0 Å². The molecule has 0 amide bonds. The highest BCUT2D eigenvalue weighted by Crippen LogP contribution is 2.58. The summed E-state index contributed by atoms with van der Waals surface area (Å²) in [6.07, 6.45) is 11.1. The standard InChI is InChI=1S/C78H72N2O2/c1-5-9-21-53-31-35-57(36-32-53)79(59-39-43-61(44-40-59)81-51-11-7-3)69-49-47-67-73-63(69)27-19-29-65(73)75-71(55-23-15-13-16-24-55)78-68-48-50-70(64-28-20-30-66(74(64)68)76(78)72(77(67)75)56-25-17-14-18-26-56)80(58-37-33-54(34-38-58)22-10-6-2)60-41-45-62(46-42-60)82-52-12-8-4/h13-20,23-50H,5-12,21-22,51-52H2,1-4H3. The molecule has 0 saturated heterocycles. The van der Waals surface area contributed by atoms with E-state index in [1.807, 2.05) is 0 Å². The maximum atomic E-state index is 6.22. The molecule has 4 heteroatoms. The molecule has 0 bridgehead atoms. The second kappa shape index (κ2) is 23.3. The molecule has 4 nitrogen and oxygen atoms in total. The van der Waals surface area contributed by atoms with Gasteiger partial charge in [-0.15, -0.1) is 0 Å². The Morgan fingerprint density at radius 1 is 0.280 bits per heavy atom. The lowest BCUT2D eigenvalue weighted by atomic mass is 9.87. The van der Waals surface area contributed by atoms with Crippen LogP contribution < -0.4 is 19.3 Å². The van der Waals surface area contributed by atoms with Gasteiger partial charge in [0.1, 0.15) is 11.5 Å². The molecule has 0 unspecified atom stereocenters. The van der Waals surface area contributed by atoms with E-state index in [9.17, 15) is 0 Å². The summed E-state index contributed by atoms with van der Waals surface area (Å²) in [5.41, 5.74) is 14.4. The predicted octanol–water partition coefficient (Wildman–Crippen LogP) is 22.8. The summed E-state index contributed by atoms with van der Waals surface area (Å²) in [4.78, 5) is 4.91. The fourth-order valence-corrected chi connectivity index (χ4v) is 12.9. The van der Waals surface area contributed by atoms with E-state index >= 15 is 0 Å². The van der Waals surface area contributed by atoms with Crippen LogP contribution in [-0.2, 0) is 12.8 Å². The SMILES string of the molecule is CCCCOc1ccc(N(c2ccc(CCCC)cc2)c2ccc3c4c(-c5ccccc5)c5c6cccc7c(N(c8ccc(CCCC)cc8)c8ccc(OCCCC)cc8)ccc(c5c(-c5ccccc5)c4c4cccc2c43)c76)cc1. The van der Waals surface area contributed by atoms with Gasteiger partial charge in [-0.1, -0.05) is 187 Å². The fraction of sp³-hybridized carbons (Fsp3) is 0.205. The highest BCUT2D eigenvalue weighted by atomic mass is 16.5. The van der Waals surface area contributed by atoms with Crippen molar-refractivity contribution in [2.75, 3.05) is 23.0 Å². The summed E-state index contributed by atoms with van der Waals surface area (Å²) in [7, 11) is 0. The van der Waals surface area contributed by atoms with E-state index in [1.54, 1.807) is 0 Å². The molecule has 82 heavy (non-hydrogen) atoms. The van der Waals surface area contributed by atoms with Crippen molar-refractivity contribution in [3.63, 3.8) is 0 Å². The van der Waals surface area contributed by atoms with E-state index in [0.717, 1.165) is 84.1 Å². The van der Waals surface area contributed by atoms with Gasteiger partial charge in [-0.25, -0.2) is 0 Å². The van der Waals surface area contributed by atoms with Crippen LogP contribution in [0.4, 0.5) is 34.1 Å². The topological polar surface area (TPSA) is 24.9 Å². The van der Waals surface area contributed by atoms with Crippen molar-refractivity contribution in [2.24, 2.45) is 0 Å². The lowest BCUT2D eigenvalue weighted by Crippen LogP contribution is -2.10. The molecule has 0 aliphatic carbocycles. The van der Waals surface area contributed by atoms with Crippen molar-refractivity contribution in [2.45, 2.75) is 91.9 Å². The van der Waals surface area contributed by atoms with Crippen molar-refractivity contribution in [1.29, 1.82) is 0 Å². The first-order valence-electron chi connectivity index (χ1n) is 30.3. The molecule has 0 aliphatic rings. The molecule has 13 aromatic rings. The maximum Gasteiger partial charge on any atom is 0.119 e. The smallest absolute Gasteiger partial charge is 0.119 e. The van der Waals surface area contributed by atoms with Crippen LogP contribution in [0.1, 0.15) is 90.2 Å². The normalized spacial score (nSPS) is 11.8. The van der Waals surface area contributed by atoms with Crippen LogP contribution in [-0.4, -0.2) is 13.2 Å². The van der Waals surface area contributed by atoms with E-state index in [4.69, 9.17) is 9.47 Å². The van der Waals surface area contributed by atoms with Gasteiger partial charge in [-0.3, -0.25) is 0 Å². The third-order valence-electron chi connectivity index (χ3n) is 17.0. The molecule has 0 N–H and O–H groups in total. The number of ether oxygens (including phenoxy) is 2. The van der Waals surface area contributed by atoms with Crippen LogP contribution in [0.2, 0.25) is 0 Å². The van der Waals surface area contributed by atoms with E-state index in [2.05, 4.69) is 256 Å². The molecular formula is C78H72N2O2. The summed E-state index contributed by atoms with van der Waals surface area (Å²) < 4.78 is 12.4. The largest absolute Gasteiger partial charge is 0.494 e. The first-order valence-corrected chi connectivity index (χ1v) is 30.3. The zero-order valence-corrected chi connectivity index (χ0v) is 48.0. The number of benzene rings is 11. The van der Waals surface area contributed by atoms with Crippen LogP contribution in [0.25, 0.3) is 86.9 Å². The Labute approximate surface area is 483 Å². The second-order valence-electron chi connectivity index (χ2n) is 22.3. The summed E-state index contributed by atoms with van der Waals surface area (Å²) >= 11 is 0. The molecule has 0 saturated carbocycles. The van der Waals surface area contributed by atoms with Crippen molar-refractivity contribution < 1.29 is 9.47 Å². The minimum atomic E-state index is 0.715. The van der Waals surface area contributed by atoms with Crippen LogP contribution in [0.5, 0.6) is 11.5 Å². The van der Waals surface area contributed by atoms with Gasteiger partial charge in [0.2, 0.25) is 0 Å². The third kappa shape index (κ3) is 9.58. The predicted molar refractivity (Wildman–Crippen MR) is 352 cm³/mol. The van der Waals surface area contributed by atoms with Crippen molar-refractivity contribution in [3.05, 3.63) is 230 Å². The van der Waals surface area contributed by atoms with Gasteiger partial charge < -0.3 is 19.3 Å². The van der Waals surface area contributed by atoms with Gasteiger partial charge in [-0.05, 0) is 211 Å². The van der Waals surface area contributed by atoms with Crippen LogP contribution in [0, 0.1) is 0 Å². The van der Waals surface area contributed by atoms with Gasteiger partial charge in [0, 0.05) is 33.5 Å². The number of hydrogen-bond acceptors (Lipinski definition) is 4. The molecule has 0 heterocycles. The number of aryl methyl sites for hydroxylation is 2. The molecular weight excluding hydrogens is 997 g/mol. The summed E-state index contributed by atoms with van der Waals surface area (Å²) in [6.45, 7) is 10.4. The molecule has 0 fully saturated rings. The first kappa shape index (κ1) is 52.5. The molecule has 0 spiro atoms. The highest BCUT2D eigenvalue weighted by Gasteiger charge is 2.30. The Morgan fingerprint density at radius 2 is 0.610 bits per heavy atom. The van der Waals surface area contributed by atoms with Gasteiger partial charge in [-0.2, -0.15) is 0 Å². The summed E-state index contributed by atoms with van der Waals surface area (Å²) in [6, 6.07) is 82.1. The molecule has 0 radical (unpaired) electrons. The monoisotopic (exact) mass is 1070 g/mol. The molecule has 13 aromatic carbocycles. The number of hydrogen-bond donors (Lipinski definition) is 0. The molecule has 406 valence electrons. The van der Waals surface area contributed by atoms with E-state index in [0.29, 0.717) is 13.2 Å². The Balaban J connectivity index is 1.08. The van der Waals surface area contributed by atoms with E-state index in [-0.39, 0.29) is 0 Å². The average Bonchev–Trinajstić information content (AvgIpc) is 3.68.